The Morgan fingerprint density at radius 2 is 1.05 bits per heavy atom. The highest BCUT2D eigenvalue weighted by molar-refractivity contribution is 6.32. The van der Waals surface area contributed by atoms with Gasteiger partial charge in [0, 0.05) is 5.56 Å². The predicted octanol–water partition coefficient (Wildman–Crippen LogP) is 5.62. The molecule has 0 bridgehead atoms. The zero-order valence-electron chi connectivity index (χ0n) is 20.8. The van der Waals surface area contributed by atoms with Crippen LogP contribution in [0, 0.1) is 0 Å². The fraction of sp³-hybridized carbons (Fsp3) is 0.0606. The van der Waals surface area contributed by atoms with Gasteiger partial charge in [-0.05, 0) is 45.5 Å². The van der Waals surface area contributed by atoms with Crippen molar-refractivity contribution < 1.29 is 0 Å². The van der Waals surface area contributed by atoms with E-state index in [9.17, 15) is 0 Å². The molecule has 1 aliphatic rings. The molecule has 0 spiro atoms. The first-order chi connectivity index (χ1) is 18.2. The average Bonchev–Trinajstić information content (AvgIpc) is 2.98. The Morgan fingerprint density at radius 3 is 1.68 bits per heavy atom. The number of amidine groups is 1. The van der Waals surface area contributed by atoms with Crippen LogP contribution in [0.5, 0.6) is 0 Å². The van der Waals surface area contributed by atoms with E-state index in [2.05, 4.69) is 146 Å². The maximum absolute atomic E-state index is 5.14. The van der Waals surface area contributed by atoms with E-state index in [-0.39, 0.29) is 12.3 Å². The molecule has 4 heteroatoms. The third kappa shape index (κ3) is 5.11. The van der Waals surface area contributed by atoms with Crippen molar-refractivity contribution in [2.24, 2.45) is 4.99 Å². The van der Waals surface area contributed by atoms with Crippen LogP contribution in [0.1, 0.15) is 29.0 Å². The molecule has 2 unspecified atom stereocenters. The minimum Gasteiger partial charge on any atom is -0.350 e. The van der Waals surface area contributed by atoms with Gasteiger partial charge < -0.3 is 5.32 Å². The van der Waals surface area contributed by atoms with Crippen molar-refractivity contribution in [2.75, 3.05) is 0 Å². The summed E-state index contributed by atoms with van der Waals surface area (Å²) in [5.41, 5.74) is 9.42. The smallest absolute Gasteiger partial charge is 0.139 e. The molecule has 1 heterocycles. The predicted molar refractivity (Wildman–Crippen MR) is 157 cm³/mol. The highest BCUT2D eigenvalue weighted by atomic mass is 15.3. The first-order valence-electron chi connectivity index (χ1n) is 12.7. The van der Waals surface area contributed by atoms with Crippen molar-refractivity contribution in [1.82, 2.24) is 10.6 Å². The molecule has 0 aromatic heterocycles. The number of aliphatic imine (C=N–C) groups is 1. The van der Waals surface area contributed by atoms with Crippen LogP contribution in [0.25, 0.3) is 22.3 Å². The molecule has 0 saturated carbocycles. The number of nitrogens with zero attached hydrogens (tertiary/aromatic N) is 1. The summed E-state index contributed by atoms with van der Waals surface area (Å²) in [7, 11) is 2.11. The van der Waals surface area contributed by atoms with E-state index in [1.54, 1.807) is 0 Å². The van der Waals surface area contributed by atoms with Crippen molar-refractivity contribution in [2.45, 2.75) is 12.3 Å². The van der Waals surface area contributed by atoms with Crippen LogP contribution in [0.4, 0.5) is 0 Å². The van der Waals surface area contributed by atoms with Crippen molar-refractivity contribution >= 4 is 19.1 Å². The second-order valence-corrected chi connectivity index (χ2v) is 9.47. The molecule has 0 radical (unpaired) electrons. The van der Waals surface area contributed by atoms with Gasteiger partial charge in [0.2, 0.25) is 0 Å². The van der Waals surface area contributed by atoms with Gasteiger partial charge in [-0.3, -0.25) is 5.32 Å². The summed E-state index contributed by atoms with van der Waals surface area (Å²) in [5.74, 6) is 0.893. The van der Waals surface area contributed by atoms with E-state index >= 15 is 0 Å². The number of benzene rings is 5. The fourth-order valence-corrected chi connectivity index (χ4v) is 4.81. The highest BCUT2D eigenvalue weighted by Gasteiger charge is 2.25. The summed E-state index contributed by atoms with van der Waals surface area (Å²) in [6.07, 6.45) is -0.283. The first-order valence-corrected chi connectivity index (χ1v) is 12.7. The Balaban J connectivity index is 1.39. The van der Waals surface area contributed by atoms with E-state index in [1.165, 1.54) is 33.3 Å². The third-order valence-electron chi connectivity index (χ3n) is 6.83. The maximum Gasteiger partial charge on any atom is 0.139 e. The van der Waals surface area contributed by atoms with Crippen molar-refractivity contribution in [3.63, 3.8) is 0 Å². The van der Waals surface area contributed by atoms with Gasteiger partial charge in [0.25, 0.3) is 0 Å². The topological polar surface area (TPSA) is 36.4 Å². The molecule has 0 amide bonds. The second-order valence-electron chi connectivity index (χ2n) is 9.47. The maximum atomic E-state index is 5.14. The number of hydrogen-bond donors (Lipinski definition) is 2. The van der Waals surface area contributed by atoms with Crippen LogP contribution in [0.3, 0.4) is 0 Å². The largest absolute Gasteiger partial charge is 0.350 e. The normalized spacial score (nSPS) is 17.0. The number of rotatable bonds is 5. The summed E-state index contributed by atoms with van der Waals surface area (Å²) in [4.78, 5) is 5.14. The molecule has 6 rings (SSSR count). The zero-order valence-corrected chi connectivity index (χ0v) is 20.8. The van der Waals surface area contributed by atoms with Gasteiger partial charge >= 0.3 is 0 Å². The lowest BCUT2D eigenvalue weighted by Crippen LogP contribution is -2.45. The van der Waals surface area contributed by atoms with Gasteiger partial charge in [0.05, 0.1) is 0 Å². The molecule has 37 heavy (non-hydrogen) atoms. The zero-order chi connectivity index (χ0) is 25.0. The Bertz CT molecular complexity index is 1530. The third-order valence-corrected chi connectivity index (χ3v) is 6.83. The van der Waals surface area contributed by atoms with E-state index in [1.807, 2.05) is 6.07 Å². The molecular formula is C33H28BN3. The van der Waals surface area contributed by atoms with Crippen molar-refractivity contribution in [3.05, 3.63) is 150 Å². The van der Waals surface area contributed by atoms with Crippen LogP contribution >= 0.6 is 0 Å². The van der Waals surface area contributed by atoms with Gasteiger partial charge in [-0.1, -0.05) is 127 Å². The number of hydrogen-bond acceptors (Lipinski definition) is 3. The summed E-state index contributed by atoms with van der Waals surface area (Å²) in [6.45, 7) is 0. The molecule has 5 aromatic carbocycles. The summed E-state index contributed by atoms with van der Waals surface area (Å²) in [6, 6.07) is 47.0. The van der Waals surface area contributed by atoms with Crippen LogP contribution in [0.15, 0.2) is 138 Å². The standard InChI is InChI=1S/C33H28BN3/c34-30-19-17-25(18-20-30)31-35-32(28-15-7-13-26(21-28)23-9-3-1-4-10-23)37-33(36-31)29-16-8-14-27(22-29)24-11-5-2-6-12-24/h1-22,32-33,37H,34H2,(H,35,36). The van der Waals surface area contributed by atoms with Crippen LogP contribution < -0.4 is 16.1 Å². The summed E-state index contributed by atoms with van der Waals surface area (Å²) < 4.78 is 0. The minimum atomic E-state index is -0.188. The fourth-order valence-electron chi connectivity index (χ4n) is 4.81. The molecule has 2 atom stereocenters. The van der Waals surface area contributed by atoms with Crippen molar-refractivity contribution in [3.8, 4) is 22.3 Å². The molecule has 0 fully saturated rings. The lowest BCUT2D eigenvalue weighted by atomic mass is 9.95. The highest BCUT2D eigenvalue weighted by Crippen LogP contribution is 2.30. The van der Waals surface area contributed by atoms with Gasteiger partial charge in [0.15, 0.2) is 0 Å². The molecule has 0 aliphatic carbocycles. The van der Waals surface area contributed by atoms with Crippen LogP contribution in [-0.4, -0.2) is 13.7 Å². The van der Waals surface area contributed by atoms with E-state index in [0.717, 1.165) is 17.0 Å². The second kappa shape index (κ2) is 10.3. The summed E-state index contributed by atoms with van der Waals surface area (Å²) in [5, 5.41) is 7.43. The molecule has 0 saturated heterocycles. The van der Waals surface area contributed by atoms with E-state index < -0.39 is 0 Å². The monoisotopic (exact) mass is 477 g/mol. The van der Waals surface area contributed by atoms with E-state index in [4.69, 9.17) is 4.99 Å². The van der Waals surface area contributed by atoms with Gasteiger partial charge in [-0.25, -0.2) is 4.99 Å². The molecule has 1 aliphatic heterocycles. The molecule has 3 nitrogen and oxygen atoms in total. The molecule has 5 aromatic rings. The Morgan fingerprint density at radius 1 is 0.514 bits per heavy atom. The molecule has 178 valence electrons. The molecular weight excluding hydrogens is 449 g/mol. The Kier molecular flexibility index (Phi) is 6.41. The quantitative estimate of drug-likeness (QED) is 0.323. The van der Waals surface area contributed by atoms with E-state index in [0.29, 0.717) is 0 Å². The van der Waals surface area contributed by atoms with Gasteiger partial charge in [-0.15, -0.1) is 0 Å². The van der Waals surface area contributed by atoms with Crippen LogP contribution in [-0.2, 0) is 0 Å². The summed E-state index contributed by atoms with van der Waals surface area (Å²) >= 11 is 0. The Labute approximate surface area is 219 Å². The minimum absolute atomic E-state index is 0.0946. The van der Waals surface area contributed by atoms with Gasteiger partial charge in [-0.2, -0.15) is 0 Å². The van der Waals surface area contributed by atoms with Crippen molar-refractivity contribution in [1.29, 1.82) is 0 Å². The van der Waals surface area contributed by atoms with Gasteiger partial charge in [0.1, 0.15) is 26.0 Å². The lowest BCUT2D eigenvalue weighted by molar-refractivity contribution is 0.409. The number of nitrogens with one attached hydrogen (secondary N) is 2. The average molecular weight is 477 g/mol. The SMILES string of the molecule is Bc1ccc(C2=NC(c3cccc(-c4ccccc4)c3)NC(c3cccc(-c4ccccc4)c3)N2)cc1. The molecule has 2 N–H and O–H groups in total. The Hall–Kier alpha value is -4.41. The first kappa shape index (κ1) is 23.0. The van der Waals surface area contributed by atoms with Crippen LogP contribution in [0.2, 0.25) is 0 Å². The lowest BCUT2D eigenvalue weighted by Gasteiger charge is -2.32.